The number of carbonyl (C=O) groups is 1. The molecule has 0 aliphatic carbocycles. The van der Waals surface area contributed by atoms with Crippen molar-refractivity contribution in [3.8, 4) is 0 Å². The number of carbonyl (C=O) groups excluding carboxylic acids is 1. The Labute approximate surface area is 114 Å². The van der Waals surface area contributed by atoms with E-state index < -0.39 is 0 Å². The lowest BCUT2D eigenvalue weighted by Crippen LogP contribution is -2.40. The molecule has 4 heteroatoms. The van der Waals surface area contributed by atoms with Crippen LogP contribution in [0.5, 0.6) is 0 Å². The Morgan fingerprint density at radius 3 is 2.58 bits per heavy atom. The minimum atomic E-state index is -0.105. The van der Waals surface area contributed by atoms with Gasteiger partial charge in [0.05, 0.1) is 12.6 Å². The highest BCUT2D eigenvalue weighted by Gasteiger charge is 2.28. The first kappa shape index (κ1) is 13.9. The van der Waals surface area contributed by atoms with Gasteiger partial charge < -0.3 is 15.3 Å². The van der Waals surface area contributed by atoms with Crippen molar-refractivity contribution in [3.63, 3.8) is 0 Å². The number of likely N-dealkylation sites (tertiary alicyclic amines) is 1. The van der Waals surface area contributed by atoms with Gasteiger partial charge in [0.15, 0.2) is 0 Å². The van der Waals surface area contributed by atoms with Crippen molar-refractivity contribution in [2.24, 2.45) is 0 Å². The van der Waals surface area contributed by atoms with Gasteiger partial charge in [-0.1, -0.05) is 17.7 Å². The smallest absolute Gasteiger partial charge is 0.322 e. The highest BCUT2D eigenvalue weighted by molar-refractivity contribution is 5.91. The number of nitrogens with one attached hydrogen (secondary N) is 1. The normalized spacial score (nSPS) is 18.7. The molecule has 1 saturated heterocycles. The molecule has 0 bridgehead atoms. The van der Waals surface area contributed by atoms with Crippen molar-refractivity contribution in [3.05, 3.63) is 28.8 Å². The van der Waals surface area contributed by atoms with E-state index in [1.165, 1.54) is 5.56 Å². The number of aryl methyl sites for hydroxylation is 3. The molecule has 104 valence electrons. The Hall–Kier alpha value is -1.55. The quantitative estimate of drug-likeness (QED) is 0.860. The Morgan fingerprint density at radius 2 is 2.00 bits per heavy atom. The van der Waals surface area contributed by atoms with Gasteiger partial charge in [0.2, 0.25) is 0 Å². The Morgan fingerprint density at radius 1 is 1.37 bits per heavy atom. The molecule has 1 atom stereocenters. The molecule has 1 aliphatic heterocycles. The number of hydrogen-bond donors (Lipinski definition) is 2. The number of aliphatic hydroxyl groups excluding tert-OH is 1. The monoisotopic (exact) mass is 262 g/mol. The maximum Gasteiger partial charge on any atom is 0.322 e. The first-order valence-corrected chi connectivity index (χ1v) is 6.79. The Kier molecular flexibility index (Phi) is 4.10. The fourth-order valence-electron chi connectivity index (χ4n) is 2.85. The molecule has 2 N–H and O–H groups in total. The number of aliphatic hydroxyl groups is 1. The van der Waals surface area contributed by atoms with Gasteiger partial charge in [0, 0.05) is 12.2 Å². The van der Waals surface area contributed by atoms with Crippen molar-refractivity contribution in [2.75, 3.05) is 18.5 Å². The lowest BCUT2D eigenvalue weighted by atomic mass is 10.1. The van der Waals surface area contributed by atoms with Crippen molar-refractivity contribution < 1.29 is 9.90 Å². The molecular weight excluding hydrogens is 240 g/mol. The standard InChI is InChI=1S/C15H22N2O2/c1-10-7-11(2)14(12(3)8-10)16-15(19)17-6-4-5-13(17)9-18/h7-8,13,18H,4-6,9H2,1-3H3,(H,16,19)/t13-/m0/s1. The topological polar surface area (TPSA) is 52.6 Å². The summed E-state index contributed by atoms with van der Waals surface area (Å²) in [5.74, 6) is 0. The van der Waals surface area contributed by atoms with Crippen molar-refractivity contribution in [1.82, 2.24) is 4.90 Å². The molecule has 19 heavy (non-hydrogen) atoms. The van der Waals surface area contributed by atoms with Crippen molar-refractivity contribution >= 4 is 11.7 Å². The van der Waals surface area contributed by atoms with E-state index in [0.717, 1.165) is 36.2 Å². The van der Waals surface area contributed by atoms with Crippen LogP contribution in [-0.2, 0) is 0 Å². The minimum Gasteiger partial charge on any atom is -0.394 e. The summed E-state index contributed by atoms with van der Waals surface area (Å²) in [6.07, 6.45) is 1.85. The largest absolute Gasteiger partial charge is 0.394 e. The summed E-state index contributed by atoms with van der Waals surface area (Å²) in [6.45, 7) is 6.82. The molecule has 0 unspecified atom stereocenters. The molecule has 2 rings (SSSR count). The summed E-state index contributed by atoms with van der Waals surface area (Å²) in [5.41, 5.74) is 4.23. The van der Waals surface area contributed by atoms with Crippen LogP contribution in [0.25, 0.3) is 0 Å². The summed E-state index contributed by atoms with van der Waals surface area (Å²) in [5, 5.41) is 12.3. The van der Waals surface area contributed by atoms with E-state index >= 15 is 0 Å². The summed E-state index contributed by atoms with van der Waals surface area (Å²) >= 11 is 0. The highest BCUT2D eigenvalue weighted by Crippen LogP contribution is 2.24. The number of nitrogens with zero attached hydrogens (tertiary/aromatic N) is 1. The Balaban J connectivity index is 2.15. The number of anilines is 1. The number of rotatable bonds is 2. The summed E-state index contributed by atoms with van der Waals surface area (Å²) in [7, 11) is 0. The number of urea groups is 1. The summed E-state index contributed by atoms with van der Waals surface area (Å²) < 4.78 is 0. The van der Waals surface area contributed by atoms with Crippen LogP contribution in [0.4, 0.5) is 10.5 Å². The molecule has 0 aromatic heterocycles. The molecular formula is C15H22N2O2. The van der Waals surface area contributed by atoms with Crippen LogP contribution in [0.1, 0.15) is 29.5 Å². The fraction of sp³-hybridized carbons (Fsp3) is 0.533. The highest BCUT2D eigenvalue weighted by atomic mass is 16.3. The number of hydrogen-bond acceptors (Lipinski definition) is 2. The van der Waals surface area contributed by atoms with Crippen molar-refractivity contribution in [2.45, 2.75) is 39.7 Å². The maximum absolute atomic E-state index is 12.3. The fourth-order valence-corrected chi connectivity index (χ4v) is 2.85. The van der Waals surface area contributed by atoms with E-state index in [-0.39, 0.29) is 18.7 Å². The molecule has 1 aliphatic rings. The zero-order chi connectivity index (χ0) is 14.0. The van der Waals surface area contributed by atoms with E-state index in [4.69, 9.17) is 0 Å². The first-order chi connectivity index (χ1) is 9.02. The molecule has 0 spiro atoms. The van der Waals surface area contributed by atoms with E-state index in [1.807, 2.05) is 20.8 Å². The number of amides is 2. The van der Waals surface area contributed by atoms with Crippen LogP contribution in [0.3, 0.4) is 0 Å². The van der Waals surface area contributed by atoms with Crippen LogP contribution >= 0.6 is 0 Å². The second-order valence-corrected chi connectivity index (χ2v) is 5.38. The zero-order valence-electron chi connectivity index (χ0n) is 11.9. The third-order valence-corrected chi connectivity index (χ3v) is 3.76. The molecule has 1 aromatic carbocycles. The van der Waals surface area contributed by atoms with E-state index in [2.05, 4.69) is 17.4 Å². The third-order valence-electron chi connectivity index (χ3n) is 3.76. The average molecular weight is 262 g/mol. The predicted molar refractivity (Wildman–Crippen MR) is 76.5 cm³/mol. The van der Waals surface area contributed by atoms with Gasteiger partial charge in [-0.2, -0.15) is 0 Å². The summed E-state index contributed by atoms with van der Waals surface area (Å²) in [6, 6.07) is 3.99. The first-order valence-electron chi connectivity index (χ1n) is 6.79. The van der Waals surface area contributed by atoms with E-state index in [9.17, 15) is 9.90 Å². The van der Waals surface area contributed by atoms with Crippen molar-refractivity contribution in [1.29, 1.82) is 0 Å². The predicted octanol–water partition coefficient (Wildman–Crippen LogP) is 2.60. The number of benzene rings is 1. The molecule has 4 nitrogen and oxygen atoms in total. The van der Waals surface area contributed by atoms with Gasteiger partial charge >= 0.3 is 6.03 Å². The lowest BCUT2D eigenvalue weighted by molar-refractivity contribution is 0.166. The third kappa shape index (κ3) is 2.89. The van der Waals surface area contributed by atoms with Gasteiger partial charge in [0.25, 0.3) is 0 Å². The van der Waals surface area contributed by atoms with Crippen LogP contribution in [-0.4, -0.2) is 35.2 Å². The molecule has 2 amide bonds. The maximum atomic E-state index is 12.3. The van der Waals surface area contributed by atoms with Crippen LogP contribution < -0.4 is 5.32 Å². The average Bonchev–Trinajstić information content (AvgIpc) is 2.81. The molecule has 1 aromatic rings. The SMILES string of the molecule is Cc1cc(C)c(NC(=O)N2CCC[C@H]2CO)c(C)c1. The van der Waals surface area contributed by atoms with Gasteiger partial charge in [0.1, 0.15) is 0 Å². The molecule has 1 fully saturated rings. The summed E-state index contributed by atoms with van der Waals surface area (Å²) in [4.78, 5) is 14.0. The van der Waals surface area contributed by atoms with Gasteiger partial charge in [-0.15, -0.1) is 0 Å². The second kappa shape index (κ2) is 5.61. The second-order valence-electron chi connectivity index (χ2n) is 5.38. The minimum absolute atomic E-state index is 0.0361. The molecule has 1 heterocycles. The van der Waals surface area contributed by atoms with Crippen LogP contribution in [0.2, 0.25) is 0 Å². The van der Waals surface area contributed by atoms with E-state index in [0.29, 0.717) is 0 Å². The van der Waals surface area contributed by atoms with Gasteiger partial charge in [-0.05, 0) is 44.7 Å². The van der Waals surface area contributed by atoms with Crippen LogP contribution in [0, 0.1) is 20.8 Å². The molecule has 0 radical (unpaired) electrons. The van der Waals surface area contributed by atoms with Gasteiger partial charge in [-0.25, -0.2) is 4.79 Å². The lowest BCUT2D eigenvalue weighted by Gasteiger charge is -2.24. The molecule has 0 saturated carbocycles. The zero-order valence-corrected chi connectivity index (χ0v) is 11.9. The van der Waals surface area contributed by atoms with Crippen LogP contribution in [0.15, 0.2) is 12.1 Å². The Bertz CT molecular complexity index is 462. The van der Waals surface area contributed by atoms with E-state index in [1.54, 1.807) is 4.90 Å². The van der Waals surface area contributed by atoms with Gasteiger partial charge in [-0.3, -0.25) is 0 Å².